The Morgan fingerprint density at radius 1 is 1.35 bits per heavy atom. The van der Waals surface area contributed by atoms with Gasteiger partial charge < -0.3 is 14.1 Å². The number of aromatic amines is 1. The minimum Gasteiger partial charge on any atom is -0.465 e. The molecule has 23 heavy (non-hydrogen) atoms. The van der Waals surface area contributed by atoms with Crippen molar-refractivity contribution >= 4 is 22.9 Å². The predicted molar refractivity (Wildman–Crippen MR) is 85.3 cm³/mol. The van der Waals surface area contributed by atoms with Gasteiger partial charge in [-0.2, -0.15) is 0 Å². The molecular weight excluding hydrogens is 297 g/mol. The van der Waals surface area contributed by atoms with Crippen molar-refractivity contribution in [3.63, 3.8) is 0 Å². The van der Waals surface area contributed by atoms with Crippen molar-refractivity contribution < 1.29 is 18.3 Å². The molecule has 0 atom stereocenters. The van der Waals surface area contributed by atoms with E-state index in [1.807, 2.05) is 6.20 Å². The number of fused-ring (bicyclic) bond motifs is 1. The number of carbonyl (C=O) groups excluding carboxylic acids is 1. The number of aryl methyl sites for hydroxylation is 1. The molecule has 2 aromatic heterocycles. The van der Waals surface area contributed by atoms with Gasteiger partial charge in [0.25, 0.3) is 0 Å². The Morgan fingerprint density at radius 3 is 3.09 bits per heavy atom. The summed E-state index contributed by atoms with van der Waals surface area (Å²) in [5, 5.41) is 0.869. The second-order valence-corrected chi connectivity index (χ2v) is 5.12. The molecule has 0 bridgehead atoms. The SMILES string of the molecule is O=C(/C=C/c1ccco1)OCCCc1c[nH]c2ccc(F)cc12. The molecule has 4 nitrogen and oxygen atoms in total. The van der Waals surface area contributed by atoms with Gasteiger partial charge >= 0.3 is 5.97 Å². The highest BCUT2D eigenvalue weighted by molar-refractivity contribution is 5.86. The Kier molecular flexibility index (Phi) is 4.57. The average molecular weight is 313 g/mol. The molecule has 0 fully saturated rings. The van der Waals surface area contributed by atoms with E-state index >= 15 is 0 Å². The Balaban J connectivity index is 1.47. The first-order chi connectivity index (χ1) is 11.2. The van der Waals surface area contributed by atoms with Crippen LogP contribution in [0.1, 0.15) is 17.7 Å². The molecule has 1 aromatic carbocycles. The number of benzene rings is 1. The van der Waals surface area contributed by atoms with E-state index in [4.69, 9.17) is 9.15 Å². The van der Waals surface area contributed by atoms with Gasteiger partial charge in [-0.05, 0) is 54.8 Å². The van der Waals surface area contributed by atoms with Crippen LogP contribution in [0.4, 0.5) is 4.39 Å². The fourth-order valence-electron chi connectivity index (χ4n) is 2.38. The summed E-state index contributed by atoms with van der Waals surface area (Å²) in [6, 6.07) is 8.15. The maximum absolute atomic E-state index is 13.3. The van der Waals surface area contributed by atoms with Crippen LogP contribution in [0.25, 0.3) is 17.0 Å². The van der Waals surface area contributed by atoms with Gasteiger partial charge in [-0.1, -0.05) is 0 Å². The molecule has 3 rings (SSSR count). The number of ether oxygens (including phenoxy) is 1. The molecule has 0 radical (unpaired) electrons. The molecule has 0 aliphatic carbocycles. The molecule has 118 valence electrons. The maximum Gasteiger partial charge on any atom is 0.330 e. The Morgan fingerprint density at radius 2 is 2.26 bits per heavy atom. The number of hydrogen-bond acceptors (Lipinski definition) is 3. The lowest BCUT2D eigenvalue weighted by Gasteiger charge is -2.02. The maximum atomic E-state index is 13.3. The summed E-state index contributed by atoms with van der Waals surface area (Å²) in [5.74, 6) is -0.0676. The van der Waals surface area contributed by atoms with Crippen molar-refractivity contribution in [3.05, 3.63) is 66.0 Å². The van der Waals surface area contributed by atoms with E-state index in [1.165, 1.54) is 24.5 Å². The molecule has 0 unspecified atom stereocenters. The second kappa shape index (κ2) is 6.96. The Labute approximate surface area is 132 Å². The lowest BCUT2D eigenvalue weighted by atomic mass is 10.1. The number of furan rings is 1. The van der Waals surface area contributed by atoms with Gasteiger partial charge in [-0.25, -0.2) is 9.18 Å². The van der Waals surface area contributed by atoms with Crippen LogP contribution >= 0.6 is 0 Å². The van der Waals surface area contributed by atoms with E-state index in [-0.39, 0.29) is 5.82 Å². The number of carbonyl (C=O) groups is 1. The lowest BCUT2D eigenvalue weighted by molar-refractivity contribution is -0.137. The van der Waals surface area contributed by atoms with Crippen molar-refractivity contribution in [3.8, 4) is 0 Å². The third-order valence-corrected chi connectivity index (χ3v) is 3.49. The van der Waals surface area contributed by atoms with Crippen molar-refractivity contribution in [1.29, 1.82) is 0 Å². The molecule has 3 aromatic rings. The summed E-state index contributed by atoms with van der Waals surface area (Å²) >= 11 is 0. The molecule has 1 N–H and O–H groups in total. The Bertz CT molecular complexity index is 818. The number of hydrogen-bond donors (Lipinski definition) is 1. The fourth-order valence-corrected chi connectivity index (χ4v) is 2.38. The molecule has 5 heteroatoms. The van der Waals surface area contributed by atoms with E-state index in [0.29, 0.717) is 25.2 Å². The third-order valence-electron chi connectivity index (χ3n) is 3.49. The zero-order chi connectivity index (χ0) is 16.1. The first-order valence-corrected chi connectivity index (χ1v) is 7.36. The van der Waals surface area contributed by atoms with Gasteiger partial charge in [-0.15, -0.1) is 0 Å². The number of nitrogens with one attached hydrogen (secondary N) is 1. The first-order valence-electron chi connectivity index (χ1n) is 7.36. The van der Waals surface area contributed by atoms with E-state index in [9.17, 15) is 9.18 Å². The van der Waals surface area contributed by atoms with Crippen LogP contribution < -0.4 is 0 Å². The summed E-state index contributed by atoms with van der Waals surface area (Å²) in [7, 11) is 0. The second-order valence-electron chi connectivity index (χ2n) is 5.12. The molecule has 0 amide bonds. The van der Waals surface area contributed by atoms with Gasteiger partial charge in [0.2, 0.25) is 0 Å². The van der Waals surface area contributed by atoms with Crippen molar-refractivity contribution in [2.24, 2.45) is 0 Å². The van der Waals surface area contributed by atoms with E-state index < -0.39 is 5.97 Å². The van der Waals surface area contributed by atoms with Crippen LogP contribution in [-0.2, 0) is 16.0 Å². The van der Waals surface area contributed by atoms with Crippen LogP contribution in [0.15, 0.2) is 53.3 Å². The van der Waals surface area contributed by atoms with Gasteiger partial charge in [0.1, 0.15) is 11.6 Å². The van der Waals surface area contributed by atoms with E-state index in [0.717, 1.165) is 16.5 Å². The number of H-pyrrole nitrogens is 1. The molecule has 2 heterocycles. The monoisotopic (exact) mass is 313 g/mol. The van der Waals surface area contributed by atoms with Crippen molar-refractivity contribution in [2.45, 2.75) is 12.8 Å². The highest BCUT2D eigenvalue weighted by atomic mass is 19.1. The molecule has 0 spiro atoms. The van der Waals surface area contributed by atoms with Crippen LogP contribution in [-0.4, -0.2) is 17.6 Å². The highest BCUT2D eigenvalue weighted by Gasteiger charge is 2.05. The largest absolute Gasteiger partial charge is 0.465 e. The van der Waals surface area contributed by atoms with Gasteiger partial charge in [-0.3, -0.25) is 0 Å². The smallest absolute Gasteiger partial charge is 0.330 e. The Hall–Kier alpha value is -2.82. The minimum absolute atomic E-state index is 0.257. The van der Waals surface area contributed by atoms with E-state index in [2.05, 4.69) is 4.98 Å². The van der Waals surface area contributed by atoms with Crippen LogP contribution in [0, 0.1) is 5.82 Å². The quantitative estimate of drug-likeness (QED) is 0.424. The van der Waals surface area contributed by atoms with Gasteiger partial charge in [0.05, 0.1) is 12.9 Å². The first kappa shape index (κ1) is 15.1. The molecule has 0 saturated carbocycles. The number of aromatic nitrogens is 1. The summed E-state index contributed by atoms with van der Waals surface area (Å²) in [5.41, 5.74) is 1.92. The van der Waals surface area contributed by atoms with E-state index in [1.54, 1.807) is 24.3 Å². The van der Waals surface area contributed by atoms with Gasteiger partial charge in [0.15, 0.2) is 0 Å². The van der Waals surface area contributed by atoms with Crippen molar-refractivity contribution in [2.75, 3.05) is 6.61 Å². The zero-order valence-electron chi connectivity index (χ0n) is 12.4. The molecule has 0 saturated heterocycles. The number of rotatable bonds is 6. The highest BCUT2D eigenvalue weighted by Crippen LogP contribution is 2.20. The lowest BCUT2D eigenvalue weighted by Crippen LogP contribution is -2.03. The minimum atomic E-state index is -0.411. The average Bonchev–Trinajstić information content (AvgIpc) is 3.19. The molecule has 0 aliphatic heterocycles. The summed E-state index contributed by atoms with van der Waals surface area (Å²) in [6.07, 6.45) is 7.67. The van der Waals surface area contributed by atoms with Crippen molar-refractivity contribution in [1.82, 2.24) is 4.98 Å². The summed E-state index contributed by atoms with van der Waals surface area (Å²) in [4.78, 5) is 14.7. The topological polar surface area (TPSA) is 55.2 Å². The normalized spacial score (nSPS) is 11.3. The van der Waals surface area contributed by atoms with Crippen LogP contribution in [0.3, 0.4) is 0 Å². The fraction of sp³-hybridized carbons (Fsp3) is 0.167. The standard InChI is InChI=1S/C18H16FNO3/c19-14-5-7-17-16(11-14)13(12-20-17)3-1-10-23-18(21)8-6-15-4-2-9-22-15/h2,4-9,11-12,20H,1,3,10H2/b8-6+. The van der Waals surface area contributed by atoms with Gasteiger partial charge in [0, 0.05) is 23.2 Å². The third kappa shape index (κ3) is 3.88. The number of esters is 1. The molecule has 0 aliphatic rings. The predicted octanol–water partition coefficient (Wildman–Crippen LogP) is 4.09. The summed E-state index contributed by atoms with van der Waals surface area (Å²) in [6.45, 7) is 0.309. The summed E-state index contributed by atoms with van der Waals surface area (Å²) < 4.78 is 23.5. The van der Waals surface area contributed by atoms with Crippen LogP contribution in [0.5, 0.6) is 0 Å². The molecular formula is C18H16FNO3. The zero-order valence-corrected chi connectivity index (χ0v) is 12.4. The van der Waals surface area contributed by atoms with Crippen LogP contribution in [0.2, 0.25) is 0 Å². The number of halogens is 1.